The molecule has 248 valence electrons. The highest BCUT2D eigenvalue weighted by atomic mass is 16.3. The van der Waals surface area contributed by atoms with E-state index in [-0.39, 0.29) is 39.6 Å². The quantitative estimate of drug-likeness (QED) is 0.0832. The van der Waals surface area contributed by atoms with E-state index in [1.807, 2.05) is 127 Å². The molecule has 0 aliphatic rings. The van der Waals surface area contributed by atoms with Crippen LogP contribution in [0.1, 0.15) is 33.4 Å². The Kier molecular flexibility index (Phi) is 10.6. The normalized spacial score (nSPS) is 11.1. The van der Waals surface area contributed by atoms with Gasteiger partial charge in [-0.05, 0) is 103 Å². The lowest BCUT2D eigenvalue weighted by molar-refractivity contribution is 0.260. The zero-order valence-corrected chi connectivity index (χ0v) is 27.0. The Labute approximate surface area is 285 Å². The minimum absolute atomic E-state index is 0.157. The van der Waals surface area contributed by atoms with Crippen LogP contribution in [0.3, 0.4) is 0 Å². The molecule has 0 spiro atoms. The highest BCUT2D eigenvalue weighted by Crippen LogP contribution is 2.39. The molecule has 0 fully saturated rings. The maximum absolute atomic E-state index is 10.1. The fourth-order valence-electron chi connectivity index (χ4n) is 6.54. The summed E-state index contributed by atoms with van der Waals surface area (Å²) in [7, 11) is 0. The summed E-state index contributed by atoms with van der Waals surface area (Å²) in [6, 6.07) is 41.0. The minimum Gasteiger partial charge on any atom is -0.392 e. The number of nitrogens with zero attached hydrogens (tertiary/aromatic N) is 1. The van der Waals surface area contributed by atoms with Gasteiger partial charge in [-0.1, -0.05) is 91.0 Å². The van der Waals surface area contributed by atoms with Gasteiger partial charge in [-0.15, -0.1) is 0 Å². The second-order valence-corrected chi connectivity index (χ2v) is 11.8. The van der Waals surface area contributed by atoms with Crippen molar-refractivity contribution in [3.8, 4) is 33.4 Å². The highest BCUT2D eigenvalue weighted by Gasteiger charge is 2.17. The second-order valence-electron chi connectivity index (χ2n) is 11.8. The number of aliphatic hydroxyl groups excluding tert-OH is 6. The second kappa shape index (κ2) is 15.4. The van der Waals surface area contributed by atoms with Gasteiger partial charge >= 0.3 is 0 Å². The lowest BCUT2D eigenvalue weighted by Gasteiger charge is -2.26. The molecule has 0 saturated heterocycles. The fourth-order valence-corrected chi connectivity index (χ4v) is 6.54. The van der Waals surface area contributed by atoms with Crippen molar-refractivity contribution in [3.05, 3.63) is 161 Å². The molecule has 0 unspecified atom stereocenters. The first-order valence-corrected chi connectivity index (χ1v) is 16.1. The van der Waals surface area contributed by atoms with Crippen LogP contribution in [-0.4, -0.2) is 30.6 Å². The van der Waals surface area contributed by atoms with E-state index in [9.17, 15) is 30.6 Å². The van der Waals surface area contributed by atoms with Crippen LogP contribution in [0.25, 0.3) is 33.4 Å². The average Bonchev–Trinajstić information content (AvgIpc) is 3.17. The summed E-state index contributed by atoms with van der Waals surface area (Å²) in [4.78, 5) is 2.13. The lowest BCUT2D eigenvalue weighted by atomic mass is 9.95. The molecule has 0 aliphatic heterocycles. The Morgan fingerprint density at radius 2 is 0.571 bits per heavy atom. The van der Waals surface area contributed by atoms with E-state index < -0.39 is 0 Å². The van der Waals surface area contributed by atoms with Gasteiger partial charge in [-0.25, -0.2) is 0 Å². The van der Waals surface area contributed by atoms with Crippen LogP contribution in [0, 0.1) is 0 Å². The first-order valence-electron chi connectivity index (χ1n) is 16.1. The summed E-state index contributed by atoms with van der Waals surface area (Å²) in [6.45, 7) is -1.02. The largest absolute Gasteiger partial charge is 0.392 e. The standard InChI is InChI=1S/C42H39NO6/c44-22-31-4-1-7-37(40(31)25-47)28-10-16-34(17-11-28)43(35-18-12-29(13-19-35)38-8-2-5-32(23-45)41(38)26-48)36-20-14-30(15-21-36)39-9-3-6-33(24-46)42(39)27-49/h1-21,44-49H,22-27H2. The van der Waals surface area contributed by atoms with Crippen molar-refractivity contribution in [2.24, 2.45) is 0 Å². The van der Waals surface area contributed by atoms with Crippen LogP contribution in [0.4, 0.5) is 17.1 Å². The summed E-state index contributed by atoms with van der Waals surface area (Å²) < 4.78 is 0. The Morgan fingerprint density at radius 1 is 0.306 bits per heavy atom. The maximum atomic E-state index is 10.1. The van der Waals surface area contributed by atoms with Crippen molar-refractivity contribution in [1.29, 1.82) is 0 Å². The number of hydrogen-bond donors (Lipinski definition) is 6. The van der Waals surface area contributed by atoms with E-state index in [0.29, 0.717) is 33.4 Å². The molecule has 0 bridgehead atoms. The smallest absolute Gasteiger partial charge is 0.0691 e. The van der Waals surface area contributed by atoms with E-state index in [4.69, 9.17) is 0 Å². The molecule has 6 aromatic carbocycles. The maximum Gasteiger partial charge on any atom is 0.0691 e. The minimum atomic E-state index is -0.183. The van der Waals surface area contributed by atoms with Gasteiger partial charge in [0.15, 0.2) is 0 Å². The van der Waals surface area contributed by atoms with Crippen molar-refractivity contribution in [1.82, 2.24) is 0 Å². The van der Waals surface area contributed by atoms with Crippen LogP contribution in [0.15, 0.2) is 127 Å². The first-order chi connectivity index (χ1) is 24.0. The van der Waals surface area contributed by atoms with Crippen molar-refractivity contribution in [3.63, 3.8) is 0 Å². The Morgan fingerprint density at radius 3 is 0.796 bits per heavy atom. The van der Waals surface area contributed by atoms with Crippen molar-refractivity contribution in [2.75, 3.05) is 4.90 Å². The van der Waals surface area contributed by atoms with Gasteiger partial charge in [0.25, 0.3) is 0 Å². The lowest BCUT2D eigenvalue weighted by Crippen LogP contribution is -2.10. The summed E-state index contributed by atoms with van der Waals surface area (Å²) >= 11 is 0. The molecule has 6 rings (SSSR count). The highest BCUT2D eigenvalue weighted by molar-refractivity contribution is 5.82. The molecule has 6 aromatic rings. The summed E-state index contributed by atoms with van der Waals surface area (Å²) in [6.07, 6.45) is 0. The molecular formula is C42H39NO6. The summed E-state index contributed by atoms with van der Waals surface area (Å²) in [5.41, 5.74) is 12.1. The predicted molar refractivity (Wildman–Crippen MR) is 193 cm³/mol. The van der Waals surface area contributed by atoms with Crippen molar-refractivity contribution >= 4 is 17.1 Å². The number of aliphatic hydroxyl groups is 6. The monoisotopic (exact) mass is 653 g/mol. The van der Waals surface area contributed by atoms with Gasteiger partial charge in [0.2, 0.25) is 0 Å². The molecule has 0 amide bonds. The number of anilines is 3. The number of benzene rings is 6. The Bertz CT molecular complexity index is 1790. The fraction of sp³-hybridized carbons (Fsp3) is 0.143. The number of hydrogen-bond acceptors (Lipinski definition) is 7. The molecule has 0 heterocycles. The Balaban J connectivity index is 1.43. The van der Waals surface area contributed by atoms with Crippen LogP contribution in [-0.2, 0) is 39.6 Å². The average molecular weight is 654 g/mol. The van der Waals surface area contributed by atoms with Crippen LogP contribution >= 0.6 is 0 Å². The van der Waals surface area contributed by atoms with Gasteiger partial charge < -0.3 is 35.5 Å². The van der Waals surface area contributed by atoms with Gasteiger partial charge in [-0.2, -0.15) is 0 Å². The SMILES string of the molecule is OCc1cccc(-c2ccc(N(c3ccc(-c4cccc(CO)c4CO)cc3)c3ccc(-c4cccc(CO)c4CO)cc3)cc2)c1CO. The van der Waals surface area contributed by atoms with E-state index >= 15 is 0 Å². The molecule has 0 aliphatic carbocycles. The van der Waals surface area contributed by atoms with E-state index in [2.05, 4.69) is 4.90 Å². The van der Waals surface area contributed by atoms with E-state index in [1.165, 1.54) is 0 Å². The van der Waals surface area contributed by atoms with Crippen molar-refractivity contribution in [2.45, 2.75) is 39.6 Å². The van der Waals surface area contributed by atoms with Gasteiger partial charge in [-0.3, -0.25) is 0 Å². The Hall–Kier alpha value is -5.12. The molecule has 0 radical (unpaired) electrons. The van der Waals surface area contributed by atoms with E-state index in [1.54, 1.807) is 0 Å². The third-order valence-corrected chi connectivity index (χ3v) is 9.11. The molecular weight excluding hydrogens is 614 g/mol. The molecule has 6 N–H and O–H groups in total. The van der Waals surface area contributed by atoms with Gasteiger partial charge in [0.05, 0.1) is 39.6 Å². The topological polar surface area (TPSA) is 125 Å². The summed E-state index contributed by atoms with van der Waals surface area (Å²) in [5, 5.41) is 59.7. The molecule has 7 nitrogen and oxygen atoms in total. The van der Waals surface area contributed by atoms with Crippen LogP contribution < -0.4 is 4.90 Å². The van der Waals surface area contributed by atoms with Gasteiger partial charge in [0, 0.05) is 17.1 Å². The van der Waals surface area contributed by atoms with Crippen LogP contribution in [0.2, 0.25) is 0 Å². The third kappa shape index (κ3) is 6.77. The van der Waals surface area contributed by atoms with Crippen molar-refractivity contribution < 1.29 is 30.6 Å². The first kappa shape index (κ1) is 33.8. The molecule has 0 aromatic heterocycles. The van der Waals surface area contributed by atoms with Crippen LogP contribution in [0.5, 0.6) is 0 Å². The van der Waals surface area contributed by atoms with Gasteiger partial charge in [0.1, 0.15) is 0 Å². The zero-order chi connectivity index (χ0) is 34.3. The number of rotatable bonds is 12. The third-order valence-electron chi connectivity index (χ3n) is 9.11. The molecule has 49 heavy (non-hydrogen) atoms. The predicted octanol–water partition coefficient (Wildman–Crippen LogP) is 7.11. The summed E-state index contributed by atoms with van der Waals surface area (Å²) in [5.74, 6) is 0. The molecule has 0 atom stereocenters. The zero-order valence-electron chi connectivity index (χ0n) is 27.0. The van der Waals surface area contributed by atoms with E-state index in [0.717, 1.165) is 50.4 Å². The molecule has 7 heteroatoms. The molecule has 0 saturated carbocycles.